The van der Waals surface area contributed by atoms with Gasteiger partial charge >= 0.3 is 0 Å². The van der Waals surface area contributed by atoms with Crippen LogP contribution >= 0.6 is 0 Å². The van der Waals surface area contributed by atoms with Crippen LogP contribution in [0.15, 0.2) is 48.7 Å². The standard InChI is InChI=1S/C26H36N8/c1-33-23(31-32-25(33)21-9-3-2-4-10-21)19-34(18-6-5-14-28-26-29-16-17-30-26)22-13-7-11-20-12-8-15-27-24(20)22/h2-4,8-10,12,15,22,26,28-30H,5-7,11,13-14,16-19H2,1H3. The predicted octanol–water partition coefficient (Wildman–Crippen LogP) is 2.60. The highest BCUT2D eigenvalue weighted by Gasteiger charge is 2.28. The van der Waals surface area contributed by atoms with Gasteiger partial charge in [0.2, 0.25) is 0 Å². The van der Waals surface area contributed by atoms with Crippen molar-refractivity contribution < 1.29 is 0 Å². The summed E-state index contributed by atoms with van der Waals surface area (Å²) < 4.78 is 2.14. The molecule has 0 bridgehead atoms. The summed E-state index contributed by atoms with van der Waals surface area (Å²) in [6, 6.07) is 14.9. The molecule has 0 amide bonds. The molecule has 1 aliphatic heterocycles. The molecule has 0 saturated carbocycles. The largest absolute Gasteiger partial charge is 0.313 e. The first-order valence-electron chi connectivity index (χ1n) is 12.6. The summed E-state index contributed by atoms with van der Waals surface area (Å²) >= 11 is 0. The fourth-order valence-corrected chi connectivity index (χ4v) is 5.14. The quantitative estimate of drug-likeness (QED) is 0.401. The van der Waals surface area contributed by atoms with Crippen LogP contribution in [0.5, 0.6) is 0 Å². The minimum absolute atomic E-state index is 0.251. The molecule has 3 heterocycles. The SMILES string of the molecule is Cn1c(CN(CCCCNC2NCCN2)C2CCCc3cccnc32)nnc1-c1ccccc1. The van der Waals surface area contributed by atoms with Crippen molar-refractivity contribution in [2.75, 3.05) is 26.2 Å². The molecule has 2 aliphatic rings. The van der Waals surface area contributed by atoms with E-state index in [1.54, 1.807) is 0 Å². The van der Waals surface area contributed by atoms with Gasteiger partial charge in [0.15, 0.2) is 5.82 Å². The van der Waals surface area contributed by atoms with Crippen molar-refractivity contribution in [1.29, 1.82) is 0 Å². The molecule has 1 aromatic carbocycles. The van der Waals surface area contributed by atoms with Crippen LogP contribution in [-0.2, 0) is 20.0 Å². The summed E-state index contributed by atoms with van der Waals surface area (Å²) in [5.74, 6) is 1.91. The van der Waals surface area contributed by atoms with E-state index in [1.807, 2.05) is 24.4 Å². The van der Waals surface area contributed by atoms with Crippen LogP contribution < -0.4 is 16.0 Å². The number of hydrogen-bond acceptors (Lipinski definition) is 7. The van der Waals surface area contributed by atoms with Gasteiger partial charge in [0.05, 0.1) is 18.3 Å². The molecule has 8 heteroatoms. The van der Waals surface area contributed by atoms with Crippen LogP contribution in [0.3, 0.4) is 0 Å². The normalized spacial score (nSPS) is 18.5. The van der Waals surface area contributed by atoms with E-state index >= 15 is 0 Å². The molecule has 0 radical (unpaired) electrons. The lowest BCUT2D eigenvalue weighted by molar-refractivity contribution is 0.157. The van der Waals surface area contributed by atoms with E-state index in [0.717, 1.165) is 75.6 Å². The summed E-state index contributed by atoms with van der Waals surface area (Å²) in [5, 5.41) is 19.5. The van der Waals surface area contributed by atoms with Crippen molar-refractivity contribution in [3.8, 4) is 11.4 Å². The maximum atomic E-state index is 4.82. The molecule has 8 nitrogen and oxygen atoms in total. The van der Waals surface area contributed by atoms with Crippen molar-refractivity contribution in [2.45, 2.75) is 51.0 Å². The molecule has 1 atom stereocenters. The molecule has 1 aliphatic carbocycles. The number of nitrogens with one attached hydrogen (secondary N) is 3. The summed E-state index contributed by atoms with van der Waals surface area (Å²) in [4.78, 5) is 7.40. The van der Waals surface area contributed by atoms with Crippen molar-refractivity contribution in [2.24, 2.45) is 7.05 Å². The number of aryl methyl sites for hydroxylation is 1. The van der Waals surface area contributed by atoms with E-state index in [9.17, 15) is 0 Å². The fourth-order valence-electron chi connectivity index (χ4n) is 5.14. The monoisotopic (exact) mass is 460 g/mol. The number of aromatic nitrogens is 4. The zero-order chi connectivity index (χ0) is 23.2. The molecule has 3 N–H and O–H groups in total. The van der Waals surface area contributed by atoms with Crippen LogP contribution in [0.25, 0.3) is 11.4 Å². The lowest BCUT2D eigenvalue weighted by Crippen LogP contribution is -2.45. The van der Waals surface area contributed by atoms with E-state index < -0.39 is 0 Å². The van der Waals surface area contributed by atoms with Gasteiger partial charge in [-0.3, -0.25) is 25.8 Å². The number of benzene rings is 1. The summed E-state index contributed by atoms with van der Waals surface area (Å²) in [5.41, 5.74) is 3.74. The van der Waals surface area contributed by atoms with Crippen molar-refractivity contribution in [1.82, 2.24) is 40.6 Å². The average Bonchev–Trinajstić information content (AvgIpc) is 3.53. The van der Waals surface area contributed by atoms with E-state index in [2.05, 4.69) is 66.9 Å². The van der Waals surface area contributed by atoms with Crippen LogP contribution in [0.2, 0.25) is 0 Å². The minimum Gasteiger partial charge on any atom is -0.313 e. The Bertz CT molecular complexity index is 1040. The van der Waals surface area contributed by atoms with Crippen molar-refractivity contribution >= 4 is 0 Å². The van der Waals surface area contributed by atoms with Gasteiger partial charge in [0.1, 0.15) is 12.1 Å². The van der Waals surface area contributed by atoms with E-state index in [-0.39, 0.29) is 6.29 Å². The highest BCUT2D eigenvalue weighted by Crippen LogP contribution is 2.34. The fraction of sp³-hybridized carbons (Fsp3) is 0.500. The van der Waals surface area contributed by atoms with Crippen LogP contribution in [0.1, 0.15) is 48.8 Å². The Morgan fingerprint density at radius 1 is 1.06 bits per heavy atom. The summed E-state index contributed by atoms with van der Waals surface area (Å²) in [6.07, 6.45) is 7.92. The first kappa shape index (κ1) is 23.1. The number of pyridine rings is 1. The van der Waals surface area contributed by atoms with Gasteiger partial charge in [-0.15, -0.1) is 10.2 Å². The second-order valence-corrected chi connectivity index (χ2v) is 9.29. The molecular weight excluding hydrogens is 424 g/mol. The van der Waals surface area contributed by atoms with E-state index in [4.69, 9.17) is 4.98 Å². The van der Waals surface area contributed by atoms with Gasteiger partial charge in [-0.25, -0.2) is 0 Å². The maximum absolute atomic E-state index is 4.82. The summed E-state index contributed by atoms with van der Waals surface area (Å²) in [6.45, 7) is 4.85. The minimum atomic E-state index is 0.251. The molecule has 5 rings (SSSR count). The van der Waals surface area contributed by atoms with Gasteiger partial charge in [-0.2, -0.15) is 0 Å². The number of unbranched alkanes of at least 4 members (excludes halogenated alkanes) is 1. The molecule has 180 valence electrons. The first-order chi connectivity index (χ1) is 16.8. The second-order valence-electron chi connectivity index (χ2n) is 9.29. The highest BCUT2D eigenvalue weighted by molar-refractivity contribution is 5.54. The molecule has 34 heavy (non-hydrogen) atoms. The number of nitrogens with zero attached hydrogens (tertiary/aromatic N) is 5. The van der Waals surface area contributed by atoms with E-state index in [1.165, 1.54) is 17.7 Å². The number of hydrogen-bond donors (Lipinski definition) is 3. The zero-order valence-electron chi connectivity index (χ0n) is 20.1. The summed E-state index contributed by atoms with van der Waals surface area (Å²) in [7, 11) is 2.08. The molecule has 1 saturated heterocycles. The van der Waals surface area contributed by atoms with Gasteiger partial charge < -0.3 is 4.57 Å². The Kier molecular flexibility index (Phi) is 7.60. The first-order valence-corrected chi connectivity index (χ1v) is 12.6. The third kappa shape index (κ3) is 5.36. The lowest BCUT2D eigenvalue weighted by atomic mass is 9.90. The van der Waals surface area contributed by atoms with Crippen LogP contribution in [0.4, 0.5) is 0 Å². The number of rotatable bonds is 10. The maximum Gasteiger partial charge on any atom is 0.163 e. The topological polar surface area (TPSA) is 82.9 Å². The van der Waals surface area contributed by atoms with Crippen LogP contribution in [-0.4, -0.2) is 57.1 Å². The zero-order valence-corrected chi connectivity index (χ0v) is 20.1. The Morgan fingerprint density at radius 3 is 2.76 bits per heavy atom. The lowest BCUT2D eigenvalue weighted by Gasteiger charge is -2.34. The van der Waals surface area contributed by atoms with Crippen molar-refractivity contribution in [3.63, 3.8) is 0 Å². The third-order valence-corrected chi connectivity index (χ3v) is 6.99. The molecule has 1 fully saturated rings. The van der Waals surface area contributed by atoms with Crippen LogP contribution in [0, 0.1) is 0 Å². The molecule has 2 aromatic heterocycles. The predicted molar refractivity (Wildman–Crippen MR) is 134 cm³/mol. The Hall–Kier alpha value is -2.65. The van der Waals surface area contributed by atoms with E-state index in [0.29, 0.717) is 6.04 Å². The molecule has 0 spiro atoms. The Labute approximate surface area is 202 Å². The third-order valence-electron chi connectivity index (χ3n) is 6.99. The smallest absolute Gasteiger partial charge is 0.163 e. The molecule has 1 unspecified atom stereocenters. The Balaban J connectivity index is 1.30. The number of fused-ring (bicyclic) bond motifs is 1. The van der Waals surface area contributed by atoms with Crippen molar-refractivity contribution in [3.05, 3.63) is 65.7 Å². The molecule has 3 aromatic rings. The van der Waals surface area contributed by atoms with Gasteiger partial charge in [-0.1, -0.05) is 36.4 Å². The Morgan fingerprint density at radius 2 is 1.91 bits per heavy atom. The average molecular weight is 461 g/mol. The second kappa shape index (κ2) is 11.2. The van der Waals surface area contributed by atoms with Gasteiger partial charge in [0.25, 0.3) is 0 Å². The highest BCUT2D eigenvalue weighted by atomic mass is 15.3. The molecular formula is C26H36N8. The van der Waals surface area contributed by atoms with Gasteiger partial charge in [0, 0.05) is 31.9 Å². The van der Waals surface area contributed by atoms with Gasteiger partial charge in [-0.05, 0) is 56.8 Å².